The van der Waals surface area contributed by atoms with E-state index in [2.05, 4.69) is 15.1 Å². The third-order valence-corrected chi connectivity index (χ3v) is 2.76. The van der Waals surface area contributed by atoms with Crippen molar-refractivity contribution in [2.45, 2.75) is 12.3 Å². The van der Waals surface area contributed by atoms with Gasteiger partial charge in [-0.05, 0) is 18.6 Å². The van der Waals surface area contributed by atoms with Crippen LogP contribution in [-0.4, -0.2) is 26.2 Å². The number of nitrogens with zero attached hydrogens (tertiary/aromatic N) is 3. The highest BCUT2D eigenvalue weighted by atomic mass is 16.5. The van der Waals surface area contributed by atoms with Crippen molar-refractivity contribution >= 4 is 5.97 Å². The molecule has 3 rings (SSSR count). The van der Waals surface area contributed by atoms with Crippen LogP contribution in [0.25, 0.3) is 11.5 Å². The Kier molecular flexibility index (Phi) is 2.14. The van der Waals surface area contributed by atoms with Crippen molar-refractivity contribution < 1.29 is 14.4 Å². The molecule has 0 amide bonds. The minimum Gasteiger partial charge on any atom is -0.481 e. The average molecular weight is 231 g/mol. The first-order valence-corrected chi connectivity index (χ1v) is 5.23. The molecule has 2 heterocycles. The molecule has 2 unspecified atom stereocenters. The van der Waals surface area contributed by atoms with Gasteiger partial charge in [0.2, 0.25) is 11.7 Å². The molecule has 86 valence electrons. The van der Waals surface area contributed by atoms with Crippen LogP contribution in [0.5, 0.6) is 0 Å². The fourth-order valence-corrected chi connectivity index (χ4v) is 1.73. The minimum absolute atomic E-state index is 0.141. The van der Waals surface area contributed by atoms with E-state index in [1.54, 1.807) is 18.3 Å². The number of aliphatic carboxylic acids is 1. The molecule has 17 heavy (non-hydrogen) atoms. The predicted molar refractivity (Wildman–Crippen MR) is 56.0 cm³/mol. The first-order chi connectivity index (χ1) is 8.25. The zero-order chi connectivity index (χ0) is 11.8. The van der Waals surface area contributed by atoms with Crippen molar-refractivity contribution in [3.8, 4) is 11.5 Å². The van der Waals surface area contributed by atoms with Gasteiger partial charge in [-0.2, -0.15) is 4.98 Å². The maximum absolute atomic E-state index is 10.7. The maximum Gasteiger partial charge on any atom is 0.307 e. The average Bonchev–Trinajstić information content (AvgIpc) is 3.01. The molecule has 6 heteroatoms. The van der Waals surface area contributed by atoms with Crippen LogP contribution < -0.4 is 0 Å². The van der Waals surface area contributed by atoms with Gasteiger partial charge in [0.1, 0.15) is 5.69 Å². The summed E-state index contributed by atoms with van der Waals surface area (Å²) < 4.78 is 5.06. The summed E-state index contributed by atoms with van der Waals surface area (Å²) in [7, 11) is 0. The lowest BCUT2D eigenvalue weighted by Gasteiger charge is -1.89. The summed E-state index contributed by atoms with van der Waals surface area (Å²) in [4.78, 5) is 19.0. The second-order valence-corrected chi connectivity index (χ2v) is 3.96. The molecule has 0 spiro atoms. The largest absolute Gasteiger partial charge is 0.481 e. The molecule has 1 saturated carbocycles. The highest BCUT2D eigenvalue weighted by molar-refractivity contribution is 5.74. The van der Waals surface area contributed by atoms with Crippen molar-refractivity contribution in [2.75, 3.05) is 0 Å². The normalized spacial score (nSPS) is 22.4. The standard InChI is InChI=1S/C11H9N3O3/c15-11(16)7-5-6(7)10-13-9(14-17-10)8-3-1-2-4-12-8/h1-4,6-7H,5H2,(H,15,16). The van der Waals surface area contributed by atoms with E-state index in [9.17, 15) is 4.79 Å². The SMILES string of the molecule is O=C(O)C1CC1c1nc(-c2ccccn2)no1. The van der Waals surface area contributed by atoms with Crippen molar-refractivity contribution in [1.82, 2.24) is 15.1 Å². The summed E-state index contributed by atoms with van der Waals surface area (Å²) in [6, 6.07) is 5.40. The second kappa shape index (κ2) is 3.65. The van der Waals surface area contributed by atoms with Crippen LogP contribution in [0, 0.1) is 5.92 Å². The van der Waals surface area contributed by atoms with Gasteiger partial charge in [0.15, 0.2) is 0 Å². The number of hydrogen-bond donors (Lipinski definition) is 1. The van der Waals surface area contributed by atoms with Gasteiger partial charge >= 0.3 is 5.97 Å². The second-order valence-electron chi connectivity index (χ2n) is 3.96. The Balaban J connectivity index is 1.83. The van der Waals surface area contributed by atoms with Crippen molar-refractivity contribution in [2.24, 2.45) is 5.92 Å². The molecule has 1 aliphatic rings. The summed E-state index contributed by atoms with van der Waals surface area (Å²) in [5.41, 5.74) is 0.620. The molecular weight excluding hydrogens is 222 g/mol. The maximum atomic E-state index is 10.7. The summed E-state index contributed by atoms with van der Waals surface area (Å²) in [6.07, 6.45) is 2.21. The predicted octanol–water partition coefficient (Wildman–Crippen LogP) is 1.32. The van der Waals surface area contributed by atoms with Crippen LogP contribution in [0.4, 0.5) is 0 Å². The number of hydrogen-bond acceptors (Lipinski definition) is 5. The molecule has 0 radical (unpaired) electrons. The van der Waals surface area contributed by atoms with E-state index in [-0.39, 0.29) is 11.8 Å². The van der Waals surface area contributed by atoms with Crippen molar-refractivity contribution in [1.29, 1.82) is 0 Å². The van der Waals surface area contributed by atoms with Crippen LogP contribution >= 0.6 is 0 Å². The summed E-state index contributed by atoms with van der Waals surface area (Å²) >= 11 is 0. The first kappa shape index (κ1) is 9.95. The molecule has 2 aromatic rings. The Morgan fingerprint density at radius 1 is 1.47 bits per heavy atom. The van der Waals surface area contributed by atoms with Crippen LogP contribution in [0.3, 0.4) is 0 Å². The van der Waals surface area contributed by atoms with Gasteiger partial charge in [-0.25, -0.2) is 0 Å². The Hall–Kier alpha value is -2.24. The van der Waals surface area contributed by atoms with Crippen LogP contribution in [0.2, 0.25) is 0 Å². The van der Waals surface area contributed by atoms with E-state index in [4.69, 9.17) is 9.63 Å². The lowest BCUT2D eigenvalue weighted by molar-refractivity contribution is -0.138. The highest BCUT2D eigenvalue weighted by Crippen LogP contribution is 2.47. The molecule has 0 aliphatic heterocycles. The van der Waals surface area contributed by atoms with Gasteiger partial charge in [-0.15, -0.1) is 0 Å². The molecule has 1 aliphatic carbocycles. The Bertz CT molecular complexity index is 552. The molecule has 2 atom stereocenters. The van der Waals surface area contributed by atoms with Gasteiger partial charge < -0.3 is 9.63 Å². The number of rotatable bonds is 3. The first-order valence-electron chi connectivity index (χ1n) is 5.23. The lowest BCUT2D eigenvalue weighted by atomic mass is 10.3. The van der Waals surface area contributed by atoms with E-state index in [0.29, 0.717) is 23.8 Å². The number of carboxylic acid groups (broad SMARTS) is 1. The van der Waals surface area contributed by atoms with E-state index in [0.717, 1.165) is 0 Å². The lowest BCUT2D eigenvalue weighted by Crippen LogP contribution is -1.98. The van der Waals surface area contributed by atoms with Crippen LogP contribution in [0.1, 0.15) is 18.2 Å². The number of pyridine rings is 1. The quantitative estimate of drug-likeness (QED) is 0.856. The molecule has 6 nitrogen and oxygen atoms in total. The zero-order valence-electron chi connectivity index (χ0n) is 8.78. The van der Waals surface area contributed by atoms with Crippen molar-refractivity contribution in [3.05, 3.63) is 30.3 Å². The van der Waals surface area contributed by atoms with Gasteiger partial charge in [0.05, 0.1) is 11.8 Å². The van der Waals surface area contributed by atoms with Gasteiger partial charge in [0, 0.05) is 6.20 Å². The number of carbonyl (C=O) groups is 1. The summed E-state index contributed by atoms with van der Waals surface area (Å²) in [5.74, 6) is -0.549. The third kappa shape index (κ3) is 1.77. The van der Waals surface area contributed by atoms with Gasteiger partial charge in [-0.1, -0.05) is 11.2 Å². The monoisotopic (exact) mass is 231 g/mol. The van der Waals surface area contributed by atoms with Crippen LogP contribution in [-0.2, 0) is 4.79 Å². The Morgan fingerprint density at radius 2 is 2.35 bits per heavy atom. The van der Waals surface area contributed by atoms with Gasteiger partial charge in [0.25, 0.3) is 0 Å². The Morgan fingerprint density at radius 3 is 3.00 bits per heavy atom. The minimum atomic E-state index is -0.812. The fraction of sp³-hybridized carbons (Fsp3) is 0.273. The molecule has 1 fully saturated rings. The molecular formula is C11H9N3O3. The fourth-order valence-electron chi connectivity index (χ4n) is 1.73. The van der Waals surface area contributed by atoms with E-state index < -0.39 is 5.97 Å². The summed E-state index contributed by atoms with van der Waals surface area (Å²) in [5, 5.41) is 12.6. The number of carboxylic acids is 1. The topological polar surface area (TPSA) is 89.1 Å². The smallest absolute Gasteiger partial charge is 0.307 e. The van der Waals surface area contributed by atoms with Crippen molar-refractivity contribution in [3.63, 3.8) is 0 Å². The number of aromatic nitrogens is 3. The third-order valence-electron chi connectivity index (χ3n) is 2.76. The highest BCUT2D eigenvalue weighted by Gasteiger charge is 2.48. The molecule has 0 saturated heterocycles. The molecule has 0 aromatic carbocycles. The summed E-state index contributed by atoms with van der Waals surface area (Å²) in [6.45, 7) is 0. The van der Waals surface area contributed by atoms with Gasteiger partial charge in [-0.3, -0.25) is 9.78 Å². The molecule has 2 aromatic heterocycles. The van der Waals surface area contributed by atoms with E-state index in [1.165, 1.54) is 0 Å². The Labute approximate surface area is 96.3 Å². The van der Waals surface area contributed by atoms with E-state index >= 15 is 0 Å². The van der Waals surface area contributed by atoms with E-state index in [1.807, 2.05) is 6.07 Å². The van der Waals surface area contributed by atoms with Crippen LogP contribution in [0.15, 0.2) is 28.9 Å². The molecule has 1 N–H and O–H groups in total. The molecule has 0 bridgehead atoms. The zero-order valence-corrected chi connectivity index (χ0v) is 8.78.